The number of rotatable bonds is 46. The van der Waals surface area contributed by atoms with Crippen molar-refractivity contribution in [2.24, 2.45) is 0 Å². The van der Waals surface area contributed by atoms with Gasteiger partial charge in [-0.25, -0.2) is 0 Å². The van der Waals surface area contributed by atoms with E-state index in [4.69, 9.17) is 4.74 Å². The number of unbranched alkanes of at least 4 members (excludes halogenated alkanes) is 29. The summed E-state index contributed by atoms with van der Waals surface area (Å²) in [6.45, 7) is 6.45. The first-order valence-electron chi connectivity index (χ1n) is 25.7. The van der Waals surface area contributed by atoms with Crippen LogP contribution in [0.4, 0.5) is 0 Å². The van der Waals surface area contributed by atoms with Crippen molar-refractivity contribution in [2.75, 3.05) is 6.61 Å². The Kier molecular flexibility index (Phi) is 45.6. The summed E-state index contributed by atoms with van der Waals surface area (Å²) in [7, 11) is 0. The molecule has 0 aromatic carbocycles. The van der Waals surface area contributed by atoms with E-state index in [1.807, 2.05) is 0 Å². The maximum atomic E-state index is 13.2. The molecular formula is C53H99NO5. The maximum absolute atomic E-state index is 13.2. The fourth-order valence-electron chi connectivity index (χ4n) is 7.77. The summed E-state index contributed by atoms with van der Waals surface area (Å²) in [4.78, 5) is 26.1. The van der Waals surface area contributed by atoms with Crippen LogP contribution in [0.3, 0.4) is 0 Å². The van der Waals surface area contributed by atoms with Gasteiger partial charge in [-0.15, -0.1) is 0 Å². The minimum atomic E-state index is -0.793. The molecule has 0 rings (SSSR count). The Labute approximate surface area is 366 Å². The first-order chi connectivity index (χ1) is 29.0. The highest BCUT2D eigenvalue weighted by molar-refractivity contribution is 5.77. The molecule has 6 nitrogen and oxygen atoms in total. The number of carbonyl (C=O) groups excluding carboxylic acids is 2. The fraction of sp³-hybridized carbons (Fsp3) is 0.849. The van der Waals surface area contributed by atoms with Crippen molar-refractivity contribution in [3.8, 4) is 0 Å². The number of aliphatic hydroxyl groups is 2. The van der Waals surface area contributed by atoms with Gasteiger partial charge in [-0.1, -0.05) is 211 Å². The molecule has 0 aliphatic carbocycles. The predicted octanol–water partition coefficient (Wildman–Crippen LogP) is 15.3. The van der Waals surface area contributed by atoms with Crippen LogP contribution in [0.25, 0.3) is 0 Å². The minimum Gasteiger partial charge on any atom is -0.462 e. The number of hydrogen-bond acceptors (Lipinski definition) is 5. The van der Waals surface area contributed by atoms with E-state index in [0.717, 1.165) is 83.5 Å². The molecule has 0 fully saturated rings. The van der Waals surface area contributed by atoms with E-state index in [0.29, 0.717) is 19.3 Å². The summed E-state index contributed by atoms with van der Waals surface area (Å²) in [6.07, 6.45) is 54.9. The van der Waals surface area contributed by atoms with E-state index in [2.05, 4.69) is 62.5 Å². The molecule has 3 N–H and O–H groups in total. The highest BCUT2D eigenvalue weighted by Gasteiger charge is 2.24. The molecule has 59 heavy (non-hydrogen) atoms. The highest BCUT2D eigenvalue weighted by atomic mass is 16.5. The van der Waals surface area contributed by atoms with Crippen LogP contribution in [0.15, 0.2) is 36.5 Å². The van der Waals surface area contributed by atoms with Gasteiger partial charge in [-0.05, 0) is 77.0 Å². The molecule has 0 saturated heterocycles. The average Bonchev–Trinajstić information content (AvgIpc) is 3.23. The fourth-order valence-corrected chi connectivity index (χ4v) is 7.77. The quantitative estimate of drug-likeness (QED) is 0.0246. The number of carbonyl (C=O) groups is 2. The van der Waals surface area contributed by atoms with Gasteiger partial charge in [0, 0.05) is 6.42 Å². The zero-order chi connectivity index (χ0) is 43.1. The lowest BCUT2D eigenvalue weighted by molar-refractivity contribution is -0.151. The van der Waals surface area contributed by atoms with Gasteiger partial charge < -0.3 is 20.3 Å². The standard InChI is InChI=1S/C53H99NO5/c1-4-7-10-13-16-19-22-24-26-27-29-31-34-37-40-43-46-53(58)59-49(44-41-38-35-32-21-18-15-12-9-6-3)47-52(57)54-50(48-55)51(56)45-42-39-36-33-30-28-25-23-20-17-14-11-8-5-2/h18,21,26-27,29,31,49-51,55-56H,4-17,19-20,22-25,28,30,32-48H2,1-3H3,(H,54,57)/b21-18-,27-26+,31-29+. The molecule has 6 heteroatoms. The Morgan fingerprint density at radius 1 is 0.492 bits per heavy atom. The third-order valence-corrected chi connectivity index (χ3v) is 11.7. The Balaban J connectivity index is 4.54. The van der Waals surface area contributed by atoms with Crippen molar-refractivity contribution >= 4 is 11.9 Å². The van der Waals surface area contributed by atoms with Gasteiger partial charge in [0.2, 0.25) is 5.91 Å². The molecule has 3 unspecified atom stereocenters. The second-order valence-electron chi connectivity index (χ2n) is 17.6. The molecule has 1 amide bonds. The third-order valence-electron chi connectivity index (χ3n) is 11.7. The lowest BCUT2D eigenvalue weighted by atomic mass is 10.0. The number of aliphatic hydroxyl groups excluding tert-OH is 2. The van der Waals surface area contributed by atoms with Crippen LogP contribution in [0.1, 0.15) is 265 Å². The minimum absolute atomic E-state index is 0.0580. The monoisotopic (exact) mass is 830 g/mol. The van der Waals surface area contributed by atoms with Gasteiger partial charge in [-0.3, -0.25) is 9.59 Å². The third kappa shape index (κ3) is 42.6. The van der Waals surface area contributed by atoms with Crippen molar-refractivity contribution in [2.45, 2.75) is 283 Å². The average molecular weight is 830 g/mol. The second kappa shape index (κ2) is 47.1. The topological polar surface area (TPSA) is 95.9 Å². The van der Waals surface area contributed by atoms with Crippen LogP contribution >= 0.6 is 0 Å². The van der Waals surface area contributed by atoms with Gasteiger partial charge >= 0.3 is 5.97 Å². The van der Waals surface area contributed by atoms with E-state index in [-0.39, 0.29) is 24.9 Å². The Morgan fingerprint density at radius 3 is 1.36 bits per heavy atom. The summed E-state index contributed by atoms with van der Waals surface area (Å²) in [6, 6.07) is -0.709. The van der Waals surface area contributed by atoms with E-state index in [1.54, 1.807) is 0 Å². The Morgan fingerprint density at radius 2 is 0.864 bits per heavy atom. The highest BCUT2D eigenvalue weighted by Crippen LogP contribution is 2.17. The number of ether oxygens (including phenoxy) is 1. The summed E-state index contributed by atoms with van der Waals surface area (Å²) in [5.41, 5.74) is 0. The Hall–Kier alpha value is -1.92. The molecule has 0 aliphatic rings. The van der Waals surface area contributed by atoms with Crippen LogP contribution in [0.5, 0.6) is 0 Å². The number of nitrogens with one attached hydrogen (secondary N) is 1. The Bertz CT molecular complexity index is 977. The molecule has 346 valence electrons. The van der Waals surface area contributed by atoms with Crippen molar-refractivity contribution in [1.82, 2.24) is 5.32 Å². The molecule has 0 radical (unpaired) electrons. The molecule has 0 aliphatic heterocycles. The van der Waals surface area contributed by atoms with Gasteiger partial charge in [0.25, 0.3) is 0 Å². The van der Waals surface area contributed by atoms with E-state index < -0.39 is 18.2 Å². The SMILES string of the molecule is CCCCC/C=C\CCCCCC(CC(=O)NC(CO)C(O)CCCCCCCCCCCCCCCC)OC(=O)CCCCC/C=C/C=C/CCCCCCCCC. The normalized spacial score (nSPS) is 13.5. The van der Waals surface area contributed by atoms with Crippen LogP contribution in [0.2, 0.25) is 0 Å². The van der Waals surface area contributed by atoms with E-state index in [9.17, 15) is 19.8 Å². The van der Waals surface area contributed by atoms with E-state index >= 15 is 0 Å². The van der Waals surface area contributed by atoms with Gasteiger partial charge in [0.1, 0.15) is 6.10 Å². The lowest BCUT2D eigenvalue weighted by Crippen LogP contribution is -2.46. The van der Waals surface area contributed by atoms with Crippen LogP contribution in [-0.4, -0.2) is 46.9 Å². The number of allylic oxidation sites excluding steroid dienone is 6. The summed E-state index contributed by atoms with van der Waals surface area (Å²) < 4.78 is 5.90. The molecular weight excluding hydrogens is 731 g/mol. The van der Waals surface area contributed by atoms with Crippen molar-refractivity contribution < 1.29 is 24.5 Å². The molecule has 0 heterocycles. The first kappa shape index (κ1) is 57.1. The lowest BCUT2D eigenvalue weighted by Gasteiger charge is -2.24. The maximum Gasteiger partial charge on any atom is 0.306 e. The molecule has 3 atom stereocenters. The van der Waals surface area contributed by atoms with Gasteiger partial charge in [-0.2, -0.15) is 0 Å². The van der Waals surface area contributed by atoms with Crippen molar-refractivity contribution in [3.05, 3.63) is 36.5 Å². The van der Waals surface area contributed by atoms with Crippen LogP contribution in [-0.2, 0) is 14.3 Å². The zero-order valence-electron chi connectivity index (χ0n) is 39.4. The number of esters is 1. The molecule has 0 bridgehead atoms. The largest absolute Gasteiger partial charge is 0.462 e. The zero-order valence-corrected chi connectivity index (χ0v) is 39.4. The summed E-state index contributed by atoms with van der Waals surface area (Å²) >= 11 is 0. The van der Waals surface area contributed by atoms with Crippen LogP contribution in [0, 0.1) is 0 Å². The summed E-state index contributed by atoms with van der Waals surface area (Å²) in [5.74, 6) is -0.515. The van der Waals surface area contributed by atoms with Crippen LogP contribution < -0.4 is 5.32 Å². The van der Waals surface area contributed by atoms with Gasteiger partial charge in [0.05, 0.1) is 25.2 Å². The van der Waals surface area contributed by atoms with Gasteiger partial charge in [0.15, 0.2) is 0 Å². The molecule has 0 saturated carbocycles. The number of hydrogen-bond donors (Lipinski definition) is 3. The van der Waals surface area contributed by atoms with Crippen molar-refractivity contribution in [3.63, 3.8) is 0 Å². The molecule has 0 aromatic rings. The van der Waals surface area contributed by atoms with Crippen molar-refractivity contribution in [1.29, 1.82) is 0 Å². The molecule has 0 aromatic heterocycles. The molecule has 0 spiro atoms. The van der Waals surface area contributed by atoms with E-state index in [1.165, 1.54) is 135 Å². The smallest absolute Gasteiger partial charge is 0.306 e. The summed E-state index contributed by atoms with van der Waals surface area (Å²) in [5, 5.41) is 23.7. The number of amides is 1. The first-order valence-corrected chi connectivity index (χ1v) is 25.7. The predicted molar refractivity (Wildman–Crippen MR) is 255 cm³/mol. The second-order valence-corrected chi connectivity index (χ2v) is 17.6.